The van der Waals surface area contributed by atoms with Crippen LogP contribution in [0.2, 0.25) is 0 Å². The van der Waals surface area contributed by atoms with Crippen molar-refractivity contribution in [2.75, 3.05) is 11.4 Å². The molecule has 0 fully saturated rings. The van der Waals surface area contributed by atoms with Crippen molar-refractivity contribution in [3.05, 3.63) is 102 Å². The average molecular weight is 557 g/mol. The molecule has 0 bridgehead atoms. The van der Waals surface area contributed by atoms with Crippen LogP contribution in [0.3, 0.4) is 0 Å². The maximum absolute atomic E-state index is 13.2. The van der Waals surface area contributed by atoms with Gasteiger partial charge in [-0.2, -0.15) is 18.3 Å². The molecule has 0 saturated carbocycles. The van der Waals surface area contributed by atoms with Gasteiger partial charge in [-0.15, -0.1) is 0 Å². The van der Waals surface area contributed by atoms with Gasteiger partial charge >= 0.3 is 6.18 Å². The van der Waals surface area contributed by atoms with E-state index >= 15 is 0 Å². The van der Waals surface area contributed by atoms with Crippen LogP contribution in [-0.2, 0) is 24.0 Å². The van der Waals surface area contributed by atoms with Crippen LogP contribution in [0.5, 0.6) is 0 Å². The Kier molecular flexibility index (Phi) is 8.53. The third kappa shape index (κ3) is 6.15. The molecule has 5 rings (SSSR count). The number of fused-ring (bicyclic) bond motifs is 1. The lowest BCUT2D eigenvalue weighted by Gasteiger charge is -2.32. The second-order valence-electron chi connectivity index (χ2n) is 8.53. The Balaban J connectivity index is 0.000000461. The topological polar surface area (TPSA) is 113 Å². The van der Waals surface area contributed by atoms with Crippen molar-refractivity contribution in [2.45, 2.75) is 32.2 Å². The zero-order chi connectivity index (χ0) is 28.9. The van der Waals surface area contributed by atoms with Gasteiger partial charge in [0.2, 0.25) is 5.82 Å². The van der Waals surface area contributed by atoms with Gasteiger partial charge in [0, 0.05) is 24.7 Å². The van der Waals surface area contributed by atoms with Crippen LogP contribution in [-0.4, -0.2) is 49.3 Å². The van der Waals surface area contributed by atoms with Crippen LogP contribution in [0, 0.1) is 5.82 Å². The number of benzene rings is 2. The predicted octanol–water partition coefficient (Wildman–Crippen LogP) is 3.71. The maximum Gasteiger partial charge on any atom is 0.433 e. The van der Waals surface area contributed by atoms with E-state index in [1.165, 1.54) is 17.0 Å². The Morgan fingerprint density at radius 1 is 1.07 bits per heavy atom. The number of nitrogens with zero attached hydrogens (tertiary/aromatic N) is 5. The van der Waals surface area contributed by atoms with Crippen LogP contribution >= 0.6 is 0 Å². The number of carbonyl (C=O) groups excluding carboxylic acids is 2. The van der Waals surface area contributed by atoms with Gasteiger partial charge in [-0.05, 0) is 37.3 Å². The van der Waals surface area contributed by atoms with Gasteiger partial charge in [0.25, 0.3) is 11.8 Å². The first-order valence-corrected chi connectivity index (χ1v) is 12.1. The van der Waals surface area contributed by atoms with E-state index in [0.29, 0.717) is 28.8 Å². The number of carbonyl (C=O) groups is 2. The maximum atomic E-state index is 13.2. The number of amides is 2. The van der Waals surface area contributed by atoms with E-state index in [0.717, 1.165) is 6.20 Å². The minimum Gasteiger partial charge on any atom is -0.390 e. The summed E-state index contributed by atoms with van der Waals surface area (Å²) in [6.45, 7) is 1.58. The molecule has 1 aliphatic heterocycles. The van der Waals surface area contributed by atoms with Gasteiger partial charge in [0.05, 0.1) is 18.0 Å². The van der Waals surface area contributed by atoms with Gasteiger partial charge in [0.15, 0.2) is 0 Å². The number of aliphatic hydroxyl groups is 1. The van der Waals surface area contributed by atoms with E-state index in [1.54, 1.807) is 54.1 Å². The minimum atomic E-state index is -4.74. The molecule has 2 aromatic carbocycles. The van der Waals surface area contributed by atoms with E-state index < -0.39 is 42.2 Å². The van der Waals surface area contributed by atoms with Crippen molar-refractivity contribution in [3.8, 4) is 5.69 Å². The fourth-order valence-corrected chi connectivity index (χ4v) is 4.11. The number of rotatable bonds is 5. The number of para-hydroxylation sites is 1. The molecule has 4 aromatic rings. The molecule has 2 aromatic heterocycles. The number of aliphatic hydroxyl groups excluding tert-OH is 1. The summed E-state index contributed by atoms with van der Waals surface area (Å²) < 4.78 is 52.2. The van der Waals surface area contributed by atoms with Gasteiger partial charge in [-0.3, -0.25) is 14.5 Å². The Bertz CT molecular complexity index is 1480. The lowest BCUT2D eigenvalue weighted by atomic mass is 9.99. The smallest absolute Gasteiger partial charge is 0.390 e. The number of hydrogen-bond acceptors (Lipinski definition) is 6. The van der Waals surface area contributed by atoms with Crippen LogP contribution in [0.25, 0.3) is 5.69 Å². The summed E-state index contributed by atoms with van der Waals surface area (Å²) in [5.74, 6) is -1.89. The molecule has 0 spiro atoms. The van der Waals surface area contributed by atoms with Crippen LogP contribution in [0.15, 0.2) is 72.9 Å². The summed E-state index contributed by atoms with van der Waals surface area (Å²) in [5, 5.41) is 16.7. The lowest BCUT2D eigenvalue weighted by molar-refractivity contribution is -0.141. The first-order valence-electron chi connectivity index (χ1n) is 12.1. The second kappa shape index (κ2) is 12.0. The first-order chi connectivity index (χ1) is 19.1. The monoisotopic (exact) mass is 556 g/mol. The van der Waals surface area contributed by atoms with Crippen molar-refractivity contribution < 1.29 is 32.3 Å². The highest BCUT2D eigenvalue weighted by Gasteiger charge is 2.39. The molecule has 1 unspecified atom stereocenters. The van der Waals surface area contributed by atoms with Gasteiger partial charge < -0.3 is 10.4 Å². The van der Waals surface area contributed by atoms with Gasteiger partial charge in [-0.25, -0.2) is 19.0 Å². The fourth-order valence-electron chi connectivity index (χ4n) is 4.11. The van der Waals surface area contributed by atoms with E-state index in [-0.39, 0.29) is 18.8 Å². The van der Waals surface area contributed by atoms with Crippen molar-refractivity contribution >= 4 is 17.6 Å². The molecule has 208 valence electrons. The number of likely N-dealkylation sites (N-methyl/N-ethyl adjacent to an activating group) is 1. The second-order valence-corrected chi connectivity index (χ2v) is 8.53. The summed E-state index contributed by atoms with van der Waals surface area (Å²) in [7, 11) is 0. The van der Waals surface area contributed by atoms with Crippen molar-refractivity contribution in [1.82, 2.24) is 25.1 Å². The number of anilines is 1. The Hall–Kier alpha value is -4.65. The molecule has 0 aliphatic carbocycles. The zero-order valence-electron chi connectivity index (χ0n) is 21.1. The molecule has 13 heteroatoms. The molecule has 3 heterocycles. The summed E-state index contributed by atoms with van der Waals surface area (Å²) in [4.78, 5) is 34.0. The molecule has 0 saturated heterocycles. The number of aromatic nitrogens is 4. The van der Waals surface area contributed by atoms with E-state index in [1.807, 2.05) is 6.07 Å². The number of alkyl halides is 3. The third-order valence-electron chi connectivity index (χ3n) is 5.92. The SMILES string of the molecule is CCN1C(=O)C(NC(=O)c2nccc(C(F)(F)F)n2)Cc2c(CO)nn(-c3ccccc3)c21.Fc1ccccc1. The van der Waals surface area contributed by atoms with E-state index in [9.17, 15) is 32.3 Å². The normalized spacial score (nSPS) is 14.7. The highest BCUT2D eigenvalue weighted by Crippen LogP contribution is 2.33. The lowest BCUT2D eigenvalue weighted by Crippen LogP contribution is -2.53. The average Bonchev–Trinajstić information content (AvgIpc) is 3.32. The van der Waals surface area contributed by atoms with Crippen molar-refractivity contribution in [2.24, 2.45) is 0 Å². The standard InChI is InChI=1S/C21H19F3N6O3.C6H5F/c1-2-29-19-13(15(11-31)28-30(19)12-6-4-3-5-7-12)10-14(20(29)33)26-18(32)17-25-9-8-16(27-17)21(22,23)24;7-6-4-2-1-3-5-6/h3-9,14,31H,2,10-11H2,1H3,(H,26,32);1-5H. The number of nitrogens with one attached hydrogen (secondary N) is 1. The van der Waals surface area contributed by atoms with Crippen LogP contribution < -0.4 is 10.2 Å². The van der Waals surface area contributed by atoms with Crippen LogP contribution in [0.1, 0.15) is 34.5 Å². The fraction of sp³-hybridized carbons (Fsp3) is 0.222. The van der Waals surface area contributed by atoms with Crippen molar-refractivity contribution in [1.29, 1.82) is 0 Å². The van der Waals surface area contributed by atoms with Gasteiger partial charge in [-0.1, -0.05) is 36.4 Å². The Morgan fingerprint density at radius 3 is 2.27 bits per heavy atom. The summed E-state index contributed by atoms with van der Waals surface area (Å²) >= 11 is 0. The molecule has 2 amide bonds. The summed E-state index contributed by atoms with van der Waals surface area (Å²) in [5.41, 5.74) is 0.300. The molecule has 1 atom stereocenters. The van der Waals surface area contributed by atoms with E-state index in [2.05, 4.69) is 20.4 Å². The third-order valence-corrected chi connectivity index (χ3v) is 5.92. The first kappa shape index (κ1) is 28.4. The molecule has 40 heavy (non-hydrogen) atoms. The molecule has 1 aliphatic rings. The van der Waals surface area contributed by atoms with Crippen molar-refractivity contribution in [3.63, 3.8) is 0 Å². The summed E-state index contributed by atoms with van der Waals surface area (Å²) in [6.07, 6.45) is -3.91. The highest BCUT2D eigenvalue weighted by molar-refractivity contribution is 6.03. The number of hydrogen-bond donors (Lipinski definition) is 2. The number of halogens is 4. The Morgan fingerprint density at radius 2 is 1.73 bits per heavy atom. The van der Waals surface area contributed by atoms with Gasteiger partial charge in [0.1, 0.15) is 23.4 Å². The molecule has 2 N–H and O–H groups in total. The zero-order valence-corrected chi connectivity index (χ0v) is 21.1. The highest BCUT2D eigenvalue weighted by atomic mass is 19.4. The van der Waals surface area contributed by atoms with E-state index in [4.69, 9.17) is 0 Å². The molecular weight excluding hydrogens is 532 g/mol. The minimum absolute atomic E-state index is 0.00189. The molecule has 0 radical (unpaired) electrons. The molecule has 9 nitrogen and oxygen atoms in total. The summed E-state index contributed by atoms with van der Waals surface area (Å²) in [6, 6.07) is 16.5. The largest absolute Gasteiger partial charge is 0.433 e. The Labute approximate surface area is 226 Å². The van der Waals surface area contributed by atoms with Crippen LogP contribution in [0.4, 0.5) is 23.4 Å². The predicted molar refractivity (Wildman–Crippen MR) is 136 cm³/mol. The quantitative estimate of drug-likeness (QED) is 0.363. The molecular formula is C27H24F4N6O3.